The molecule has 1 amide bonds. The number of hydrogen-bond donors (Lipinski definition) is 1. The fourth-order valence-corrected chi connectivity index (χ4v) is 3.69. The first-order chi connectivity index (χ1) is 14.1. The van der Waals surface area contributed by atoms with Crippen molar-refractivity contribution in [2.45, 2.75) is 33.1 Å². The number of benzene rings is 2. The molecule has 0 aliphatic carbocycles. The molecule has 1 N–H and O–H groups in total. The maximum atomic E-state index is 13.0. The van der Waals surface area contributed by atoms with Gasteiger partial charge in [-0.1, -0.05) is 55.5 Å². The van der Waals surface area contributed by atoms with Crippen LogP contribution >= 0.6 is 0 Å². The summed E-state index contributed by atoms with van der Waals surface area (Å²) in [6.45, 7) is 6.11. The predicted molar refractivity (Wildman–Crippen MR) is 118 cm³/mol. The predicted octanol–water partition coefficient (Wildman–Crippen LogP) is 5.75. The fourth-order valence-electron chi connectivity index (χ4n) is 3.69. The molecule has 2 aromatic heterocycles. The molecular formula is C25H25N3O. The number of hydrogen-bond acceptors (Lipinski definition) is 2. The van der Waals surface area contributed by atoms with E-state index < -0.39 is 0 Å². The van der Waals surface area contributed by atoms with Gasteiger partial charge in [-0.2, -0.15) is 0 Å². The number of rotatable bonds is 5. The summed E-state index contributed by atoms with van der Waals surface area (Å²) in [5, 5.41) is 3.14. The number of carbonyl (C=O) groups excluding carboxylic acids is 1. The van der Waals surface area contributed by atoms with Gasteiger partial charge in [0.15, 0.2) is 0 Å². The second-order valence-corrected chi connectivity index (χ2v) is 7.44. The van der Waals surface area contributed by atoms with Gasteiger partial charge in [0.1, 0.15) is 5.65 Å². The monoisotopic (exact) mass is 383 g/mol. The largest absolute Gasteiger partial charge is 0.325 e. The van der Waals surface area contributed by atoms with Crippen LogP contribution in [-0.4, -0.2) is 15.3 Å². The van der Waals surface area contributed by atoms with Crippen molar-refractivity contribution in [1.29, 1.82) is 0 Å². The van der Waals surface area contributed by atoms with Gasteiger partial charge in [-0.05, 0) is 49.1 Å². The highest BCUT2D eigenvalue weighted by Gasteiger charge is 2.19. The SMILES string of the molecule is CCC(C(=O)Nc1cc(-c2cn3cccc(C)c3n2)ccc1C)c1ccccc1. The summed E-state index contributed by atoms with van der Waals surface area (Å²) in [5.41, 5.74) is 6.86. The van der Waals surface area contributed by atoms with E-state index in [1.807, 2.05) is 79.2 Å². The zero-order valence-electron chi connectivity index (χ0n) is 17.0. The van der Waals surface area contributed by atoms with Crippen LogP contribution in [-0.2, 0) is 4.79 Å². The van der Waals surface area contributed by atoms with Crippen LogP contribution in [0.2, 0.25) is 0 Å². The van der Waals surface area contributed by atoms with Crippen molar-refractivity contribution in [3.8, 4) is 11.3 Å². The van der Waals surface area contributed by atoms with Gasteiger partial charge in [0.2, 0.25) is 5.91 Å². The summed E-state index contributed by atoms with van der Waals surface area (Å²) in [6.07, 6.45) is 4.78. The first-order valence-electron chi connectivity index (χ1n) is 9.98. The highest BCUT2D eigenvalue weighted by molar-refractivity contribution is 5.97. The van der Waals surface area contributed by atoms with Gasteiger partial charge < -0.3 is 9.72 Å². The molecule has 0 spiro atoms. The third kappa shape index (κ3) is 3.79. The van der Waals surface area contributed by atoms with E-state index in [-0.39, 0.29) is 11.8 Å². The smallest absolute Gasteiger partial charge is 0.231 e. The van der Waals surface area contributed by atoms with Crippen LogP contribution in [0.25, 0.3) is 16.9 Å². The minimum atomic E-state index is -0.169. The van der Waals surface area contributed by atoms with Gasteiger partial charge >= 0.3 is 0 Å². The lowest BCUT2D eigenvalue weighted by Crippen LogP contribution is -2.21. The van der Waals surface area contributed by atoms with Crippen molar-refractivity contribution in [2.24, 2.45) is 0 Å². The Balaban J connectivity index is 1.64. The van der Waals surface area contributed by atoms with Crippen LogP contribution in [0.4, 0.5) is 5.69 Å². The number of amides is 1. The first-order valence-corrected chi connectivity index (χ1v) is 9.98. The number of pyridine rings is 1. The van der Waals surface area contributed by atoms with Crippen LogP contribution in [0.15, 0.2) is 73.1 Å². The third-order valence-electron chi connectivity index (χ3n) is 5.40. The maximum absolute atomic E-state index is 13.0. The third-order valence-corrected chi connectivity index (χ3v) is 5.40. The summed E-state index contributed by atoms with van der Waals surface area (Å²) in [7, 11) is 0. The van der Waals surface area contributed by atoms with Crippen LogP contribution in [0.1, 0.15) is 36.0 Å². The van der Waals surface area contributed by atoms with Gasteiger partial charge in [-0.15, -0.1) is 0 Å². The average Bonchev–Trinajstić information content (AvgIpc) is 3.17. The number of imidazole rings is 1. The quantitative estimate of drug-likeness (QED) is 0.477. The Morgan fingerprint density at radius 1 is 1.03 bits per heavy atom. The number of anilines is 1. The summed E-state index contributed by atoms with van der Waals surface area (Å²) < 4.78 is 2.03. The minimum absolute atomic E-state index is 0.0183. The Labute approximate surface area is 171 Å². The molecule has 0 radical (unpaired) electrons. The maximum Gasteiger partial charge on any atom is 0.231 e. The molecule has 0 aliphatic rings. The molecule has 4 rings (SSSR count). The molecule has 4 aromatic rings. The van der Waals surface area contributed by atoms with E-state index in [9.17, 15) is 4.79 Å². The van der Waals surface area contributed by atoms with E-state index in [0.29, 0.717) is 0 Å². The number of nitrogens with one attached hydrogen (secondary N) is 1. The van der Waals surface area contributed by atoms with Crippen molar-refractivity contribution < 1.29 is 4.79 Å². The zero-order chi connectivity index (χ0) is 20.4. The lowest BCUT2D eigenvalue weighted by Gasteiger charge is -2.17. The molecule has 4 nitrogen and oxygen atoms in total. The number of nitrogens with zero attached hydrogens (tertiary/aromatic N) is 2. The van der Waals surface area contributed by atoms with E-state index in [1.165, 1.54) is 0 Å². The highest BCUT2D eigenvalue weighted by Crippen LogP contribution is 2.28. The second kappa shape index (κ2) is 7.92. The summed E-state index contributed by atoms with van der Waals surface area (Å²) >= 11 is 0. The normalized spacial score (nSPS) is 12.1. The lowest BCUT2D eigenvalue weighted by molar-refractivity contribution is -0.117. The Bertz CT molecular complexity index is 1160. The van der Waals surface area contributed by atoms with Crippen molar-refractivity contribution in [2.75, 3.05) is 5.32 Å². The molecule has 0 saturated carbocycles. The lowest BCUT2D eigenvalue weighted by atomic mass is 9.95. The highest BCUT2D eigenvalue weighted by atomic mass is 16.1. The van der Waals surface area contributed by atoms with E-state index in [4.69, 9.17) is 4.98 Å². The summed E-state index contributed by atoms with van der Waals surface area (Å²) in [5.74, 6) is -0.151. The molecule has 2 heterocycles. The Morgan fingerprint density at radius 2 is 1.83 bits per heavy atom. The number of aryl methyl sites for hydroxylation is 2. The van der Waals surface area contributed by atoms with E-state index >= 15 is 0 Å². The van der Waals surface area contributed by atoms with E-state index in [0.717, 1.165) is 45.7 Å². The second-order valence-electron chi connectivity index (χ2n) is 7.44. The van der Waals surface area contributed by atoms with Crippen LogP contribution in [0, 0.1) is 13.8 Å². The first kappa shape index (κ1) is 18.9. The summed E-state index contributed by atoms with van der Waals surface area (Å²) in [6, 6.07) is 20.1. The number of fused-ring (bicyclic) bond motifs is 1. The molecule has 2 aromatic carbocycles. The fraction of sp³-hybridized carbons (Fsp3) is 0.200. The molecule has 4 heteroatoms. The van der Waals surface area contributed by atoms with Crippen molar-refractivity contribution in [3.05, 3.63) is 89.7 Å². The van der Waals surface area contributed by atoms with E-state index in [1.54, 1.807) is 0 Å². The van der Waals surface area contributed by atoms with Gasteiger partial charge in [-0.3, -0.25) is 4.79 Å². The van der Waals surface area contributed by atoms with Crippen molar-refractivity contribution >= 4 is 17.2 Å². The minimum Gasteiger partial charge on any atom is -0.325 e. The molecular weight excluding hydrogens is 358 g/mol. The average molecular weight is 383 g/mol. The molecule has 0 aliphatic heterocycles. The number of carbonyl (C=O) groups is 1. The Kier molecular flexibility index (Phi) is 5.17. The number of aromatic nitrogens is 2. The molecule has 29 heavy (non-hydrogen) atoms. The summed E-state index contributed by atoms with van der Waals surface area (Å²) in [4.78, 5) is 17.8. The van der Waals surface area contributed by atoms with Gasteiger partial charge in [-0.25, -0.2) is 4.98 Å². The van der Waals surface area contributed by atoms with Crippen molar-refractivity contribution in [1.82, 2.24) is 9.38 Å². The van der Waals surface area contributed by atoms with Gasteiger partial charge in [0, 0.05) is 23.6 Å². The van der Waals surface area contributed by atoms with Crippen LogP contribution in [0.5, 0.6) is 0 Å². The van der Waals surface area contributed by atoms with E-state index in [2.05, 4.69) is 24.4 Å². The topological polar surface area (TPSA) is 46.4 Å². The van der Waals surface area contributed by atoms with Gasteiger partial charge in [0.05, 0.1) is 11.6 Å². The van der Waals surface area contributed by atoms with Crippen molar-refractivity contribution in [3.63, 3.8) is 0 Å². The Hall–Kier alpha value is -3.40. The molecule has 1 atom stereocenters. The Morgan fingerprint density at radius 3 is 2.55 bits per heavy atom. The molecule has 1 unspecified atom stereocenters. The molecule has 0 bridgehead atoms. The molecule has 0 saturated heterocycles. The van der Waals surface area contributed by atoms with Crippen LogP contribution in [0.3, 0.4) is 0 Å². The standard InChI is InChI=1S/C25H25N3O/c1-4-21(19-10-6-5-7-11-19)25(29)27-22-15-20(13-12-17(22)2)23-16-28-14-8-9-18(3)24(28)26-23/h5-16,21H,4H2,1-3H3,(H,27,29). The van der Waals surface area contributed by atoms with Gasteiger partial charge in [0.25, 0.3) is 0 Å². The molecule has 146 valence electrons. The zero-order valence-corrected chi connectivity index (χ0v) is 17.0. The van der Waals surface area contributed by atoms with Crippen LogP contribution < -0.4 is 5.32 Å². The molecule has 0 fully saturated rings.